The third-order valence-electron chi connectivity index (χ3n) is 3.03. The van der Waals surface area contributed by atoms with E-state index in [1.165, 1.54) is 0 Å². The van der Waals surface area contributed by atoms with Crippen molar-refractivity contribution < 1.29 is 31.5 Å². The van der Waals surface area contributed by atoms with E-state index in [-0.39, 0.29) is 17.1 Å². The lowest BCUT2D eigenvalue weighted by Gasteiger charge is -2.11. The summed E-state index contributed by atoms with van der Waals surface area (Å²) in [4.78, 5) is 23.1. The molecule has 1 atom stereocenters. The number of carbonyl (C=O) groups excluding carboxylic acids is 2. The predicted octanol–water partition coefficient (Wildman–Crippen LogP) is 0.425. The number of esters is 1. The van der Waals surface area contributed by atoms with Gasteiger partial charge in [0.05, 0.1) is 17.1 Å². The van der Waals surface area contributed by atoms with Crippen molar-refractivity contribution in [2.24, 2.45) is 0 Å². The Morgan fingerprint density at radius 2 is 1.86 bits per heavy atom. The molecule has 1 aliphatic heterocycles. The summed E-state index contributed by atoms with van der Waals surface area (Å²) < 4.78 is 53.0. The van der Waals surface area contributed by atoms with Crippen molar-refractivity contribution in [3.63, 3.8) is 0 Å². The lowest BCUT2D eigenvalue weighted by atomic mass is 10.2. The van der Waals surface area contributed by atoms with Crippen LogP contribution in [-0.4, -0.2) is 44.4 Å². The van der Waals surface area contributed by atoms with Gasteiger partial charge in [0, 0.05) is 12.1 Å². The summed E-state index contributed by atoms with van der Waals surface area (Å²) in [7, 11) is -3.13. The molecule has 0 bridgehead atoms. The van der Waals surface area contributed by atoms with Crippen LogP contribution < -0.4 is 5.32 Å². The van der Waals surface area contributed by atoms with Crippen LogP contribution >= 0.6 is 0 Å². The highest BCUT2D eigenvalue weighted by atomic mass is 32.2. The van der Waals surface area contributed by atoms with Crippen molar-refractivity contribution in [3.05, 3.63) is 35.4 Å². The van der Waals surface area contributed by atoms with Crippen molar-refractivity contribution in [1.29, 1.82) is 0 Å². The van der Waals surface area contributed by atoms with Gasteiger partial charge < -0.3 is 10.1 Å². The van der Waals surface area contributed by atoms with Crippen molar-refractivity contribution in [2.75, 3.05) is 18.1 Å². The number of rotatable bonds is 4. The molecule has 1 heterocycles. The molecule has 0 spiro atoms. The standard InChI is InChI=1S/C13H13F2NO5S/c14-9-3-8(4-10(15)5-9)13(18)21-6-12(17)16-11-1-2-22(19,20)7-11/h3-5,11H,1-2,6-7H2,(H,16,17)/t11-/m0/s1. The molecule has 1 fully saturated rings. The van der Waals surface area contributed by atoms with Crippen LogP contribution in [0.1, 0.15) is 16.8 Å². The second kappa shape index (κ2) is 6.39. The van der Waals surface area contributed by atoms with Crippen molar-refractivity contribution in [2.45, 2.75) is 12.5 Å². The third kappa shape index (κ3) is 4.48. The van der Waals surface area contributed by atoms with Gasteiger partial charge in [0.2, 0.25) is 0 Å². The summed E-state index contributed by atoms with van der Waals surface area (Å²) in [5.41, 5.74) is -0.353. The summed E-state index contributed by atoms with van der Waals surface area (Å²) in [6.45, 7) is -0.659. The van der Waals surface area contributed by atoms with Gasteiger partial charge in [0.25, 0.3) is 5.91 Å². The van der Waals surface area contributed by atoms with Crippen LogP contribution in [0.2, 0.25) is 0 Å². The maximum atomic E-state index is 12.9. The molecule has 1 aromatic rings. The number of hydrogen-bond acceptors (Lipinski definition) is 5. The SMILES string of the molecule is O=C(COC(=O)c1cc(F)cc(F)c1)N[C@H]1CCS(=O)(=O)C1. The predicted molar refractivity (Wildman–Crippen MR) is 71.8 cm³/mol. The van der Waals surface area contributed by atoms with Gasteiger partial charge >= 0.3 is 5.97 Å². The molecular weight excluding hydrogens is 320 g/mol. The number of halogens is 2. The monoisotopic (exact) mass is 333 g/mol. The van der Waals surface area contributed by atoms with Crippen LogP contribution in [0.4, 0.5) is 8.78 Å². The smallest absolute Gasteiger partial charge is 0.338 e. The second-order valence-corrected chi connectivity index (χ2v) is 7.13. The van der Waals surface area contributed by atoms with Gasteiger partial charge in [-0.1, -0.05) is 0 Å². The van der Waals surface area contributed by atoms with Crippen LogP contribution in [0.15, 0.2) is 18.2 Å². The van der Waals surface area contributed by atoms with Crippen LogP contribution in [0, 0.1) is 11.6 Å². The minimum atomic E-state index is -3.13. The third-order valence-corrected chi connectivity index (χ3v) is 4.80. The number of amides is 1. The first-order valence-corrected chi connectivity index (χ1v) is 8.20. The Hall–Kier alpha value is -2.03. The number of sulfone groups is 1. The Morgan fingerprint density at radius 3 is 2.41 bits per heavy atom. The maximum absolute atomic E-state index is 12.9. The molecule has 0 radical (unpaired) electrons. The van der Waals surface area contributed by atoms with Crippen molar-refractivity contribution in [1.82, 2.24) is 5.32 Å². The minimum absolute atomic E-state index is 0.000301. The molecule has 120 valence electrons. The first-order chi connectivity index (χ1) is 10.2. The zero-order valence-electron chi connectivity index (χ0n) is 11.3. The molecule has 2 rings (SSSR count). The molecule has 0 aliphatic carbocycles. The van der Waals surface area contributed by atoms with Gasteiger partial charge in [-0.15, -0.1) is 0 Å². The Labute approximate surface area is 125 Å². The van der Waals surface area contributed by atoms with Crippen LogP contribution in [0.3, 0.4) is 0 Å². The topological polar surface area (TPSA) is 89.5 Å². The largest absolute Gasteiger partial charge is 0.452 e. The Balaban J connectivity index is 1.84. The first kappa shape index (κ1) is 16.3. The molecule has 1 saturated heterocycles. The molecule has 0 saturated carbocycles. The van der Waals surface area contributed by atoms with E-state index in [1.54, 1.807) is 0 Å². The molecule has 1 aliphatic rings. The fraction of sp³-hybridized carbons (Fsp3) is 0.385. The van der Waals surface area contributed by atoms with Gasteiger partial charge in [-0.3, -0.25) is 4.79 Å². The fourth-order valence-electron chi connectivity index (χ4n) is 2.06. The minimum Gasteiger partial charge on any atom is -0.452 e. The highest BCUT2D eigenvalue weighted by molar-refractivity contribution is 7.91. The fourth-order valence-corrected chi connectivity index (χ4v) is 3.74. The van der Waals surface area contributed by atoms with E-state index in [0.717, 1.165) is 12.1 Å². The lowest BCUT2D eigenvalue weighted by Crippen LogP contribution is -2.38. The van der Waals surface area contributed by atoms with E-state index in [9.17, 15) is 26.8 Å². The Bertz CT molecular complexity index is 684. The van der Waals surface area contributed by atoms with E-state index >= 15 is 0 Å². The zero-order chi connectivity index (χ0) is 16.3. The van der Waals surface area contributed by atoms with E-state index in [4.69, 9.17) is 0 Å². The molecule has 6 nitrogen and oxygen atoms in total. The summed E-state index contributed by atoms with van der Waals surface area (Å²) in [6.07, 6.45) is 0.303. The van der Waals surface area contributed by atoms with E-state index in [1.807, 2.05) is 0 Å². The number of benzene rings is 1. The lowest BCUT2D eigenvalue weighted by molar-refractivity contribution is -0.124. The average Bonchev–Trinajstić information content (AvgIpc) is 2.74. The summed E-state index contributed by atoms with van der Waals surface area (Å²) >= 11 is 0. The quantitative estimate of drug-likeness (QED) is 0.807. The normalized spacial score (nSPS) is 19.6. The molecule has 1 amide bonds. The maximum Gasteiger partial charge on any atom is 0.338 e. The highest BCUT2D eigenvalue weighted by Gasteiger charge is 2.29. The molecular formula is C13H13F2NO5S. The number of ether oxygens (including phenoxy) is 1. The molecule has 1 N–H and O–H groups in total. The van der Waals surface area contributed by atoms with Gasteiger partial charge in [0.1, 0.15) is 11.6 Å². The van der Waals surface area contributed by atoms with Crippen molar-refractivity contribution >= 4 is 21.7 Å². The van der Waals surface area contributed by atoms with Crippen LogP contribution in [0.25, 0.3) is 0 Å². The van der Waals surface area contributed by atoms with Gasteiger partial charge in [0.15, 0.2) is 16.4 Å². The summed E-state index contributed by atoms with van der Waals surface area (Å²) in [5.74, 6) is -3.75. The second-order valence-electron chi connectivity index (χ2n) is 4.90. The number of carbonyl (C=O) groups is 2. The Kier molecular flexibility index (Phi) is 4.74. The molecule has 0 unspecified atom stereocenters. The molecule has 22 heavy (non-hydrogen) atoms. The number of hydrogen-bond donors (Lipinski definition) is 1. The van der Waals surface area contributed by atoms with E-state index in [2.05, 4.69) is 10.1 Å². The van der Waals surface area contributed by atoms with Gasteiger partial charge in [-0.05, 0) is 18.6 Å². The average molecular weight is 333 g/mol. The molecule has 0 aromatic heterocycles. The molecule has 9 heteroatoms. The Morgan fingerprint density at radius 1 is 1.23 bits per heavy atom. The van der Waals surface area contributed by atoms with Crippen LogP contribution in [0.5, 0.6) is 0 Å². The van der Waals surface area contributed by atoms with E-state index < -0.39 is 46.0 Å². The highest BCUT2D eigenvalue weighted by Crippen LogP contribution is 2.11. The molecule has 1 aromatic carbocycles. The first-order valence-electron chi connectivity index (χ1n) is 6.38. The zero-order valence-corrected chi connectivity index (χ0v) is 12.2. The van der Waals surface area contributed by atoms with Crippen LogP contribution in [-0.2, 0) is 19.4 Å². The summed E-state index contributed by atoms with van der Waals surface area (Å²) in [5, 5.41) is 2.42. The van der Waals surface area contributed by atoms with Gasteiger partial charge in [-0.2, -0.15) is 0 Å². The van der Waals surface area contributed by atoms with Gasteiger partial charge in [-0.25, -0.2) is 22.0 Å². The van der Waals surface area contributed by atoms with Crippen molar-refractivity contribution in [3.8, 4) is 0 Å². The number of nitrogens with one attached hydrogen (secondary N) is 1. The summed E-state index contributed by atoms with van der Waals surface area (Å²) in [6, 6.07) is 1.66. The van der Waals surface area contributed by atoms with E-state index in [0.29, 0.717) is 12.5 Å².